The van der Waals surface area contributed by atoms with Crippen molar-refractivity contribution in [2.45, 2.75) is 19.8 Å². The van der Waals surface area contributed by atoms with Gasteiger partial charge >= 0.3 is 0 Å². The van der Waals surface area contributed by atoms with Gasteiger partial charge in [-0.1, -0.05) is 0 Å². The van der Waals surface area contributed by atoms with E-state index in [4.69, 9.17) is 4.74 Å². The summed E-state index contributed by atoms with van der Waals surface area (Å²) in [5.41, 5.74) is 2.03. The number of pyridine rings is 1. The van der Waals surface area contributed by atoms with Gasteiger partial charge in [0.2, 0.25) is 0 Å². The number of hydrogen-bond acceptors (Lipinski definition) is 4. The maximum Gasteiger partial charge on any atom is 0.160 e. The highest BCUT2D eigenvalue weighted by Crippen LogP contribution is 2.23. The van der Waals surface area contributed by atoms with E-state index in [1.807, 2.05) is 13.0 Å². The normalized spacial score (nSPS) is 10.6. The van der Waals surface area contributed by atoms with E-state index in [-0.39, 0.29) is 0 Å². The molecule has 17 heavy (non-hydrogen) atoms. The quantitative estimate of drug-likeness (QED) is 0.737. The predicted octanol–water partition coefficient (Wildman–Crippen LogP) is 2.15. The molecule has 0 radical (unpaired) electrons. The van der Waals surface area contributed by atoms with Gasteiger partial charge in [0.05, 0.1) is 19.0 Å². The fourth-order valence-electron chi connectivity index (χ4n) is 1.62. The molecule has 1 heterocycles. The van der Waals surface area contributed by atoms with Crippen LogP contribution in [0.5, 0.6) is 5.75 Å². The van der Waals surface area contributed by atoms with Crippen molar-refractivity contribution in [2.75, 3.05) is 39.6 Å². The Hall–Kier alpha value is -1.29. The molecule has 0 atom stereocenters. The largest absolute Gasteiger partial charge is 0.493 e. The van der Waals surface area contributed by atoms with Crippen LogP contribution >= 0.6 is 0 Å². The van der Waals surface area contributed by atoms with Gasteiger partial charge in [0.1, 0.15) is 0 Å². The summed E-state index contributed by atoms with van der Waals surface area (Å²) in [7, 11) is 5.87. The second-order valence-corrected chi connectivity index (χ2v) is 4.46. The molecule has 0 bridgehead atoms. The third kappa shape index (κ3) is 5.04. The van der Waals surface area contributed by atoms with Crippen molar-refractivity contribution in [3.05, 3.63) is 18.0 Å². The van der Waals surface area contributed by atoms with Crippen molar-refractivity contribution < 1.29 is 4.74 Å². The molecule has 1 N–H and O–H groups in total. The number of methoxy groups -OCH3 is 1. The van der Waals surface area contributed by atoms with E-state index in [1.165, 1.54) is 6.42 Å². The van der Waals surface area contributed by atoms with E-state index >= 15 is 0 Å². The Bertz CT molecular complexity index is 339. The zero-order valence-electron chi connectivity index (χ0n) is 11.3. The number of nitrogens with one attached hydrogen (secondary N) is 1. The van der Waals surface area contributed by atoms with Crippen LogP contribution in [0.15, 0.2) is 12.3 Å². The van der Waals surface area contributed by atoms with E-state index in [0.29, 0.717) is 0 Å². The van der Waals surface area contributed by atoms with Crippen LogP contribution in [0, 0.1) is 6.92 Å². The van der Waals surface area contributed by atoms with E-state index in [9.17, 15) is 0 Å². The topological polar surface area (TPSA) is 37.4 Å². The van der Waals surface area contributed by atoms with Crippen molar-refractivity contribution in [3.63, 3.8) is 0 Å². The average molecular weight is 237 g/mol. The van der Waals surface area contributed by atoms with Gasteiger partial charge in [-0.3, -0.25) is 4.98 Å². The molecule has 0 aromatic carbocycles. The summed E-state index contributed by atoms with van der Waals surface area (Å²) in [5, 5.41) is 3.40. The van der Waals surface area contributed by atoms with Crippen LogP contribution < -0.4 is 10.1 Å². The highest BCUT2D eigenvalue weighted by Gasteiger charge is 2.02. The molecule has 0 spiro atoms. The third-order valence-electron chi connectivity index (χ3n) is 2.57. The third-order valence-corrected chi connectivity index (χ3v) is 2.57. The highest BCUT2D eigenvalue weighted by atomic mass is 16.5. The first kappa shape index (κ1) is 13.8. The number of aromatic nitrogens is 1. The first-order valence-corrected chi connectivity index (χ1v) is 6.02. The van der Waals surface area contributed by atoms with Crippen LogP contribution in [-0.4, -0.2) is 44.2 Å². The first-order chi connectivity index (χ1) is 8.13. The lowest BCUT2D eigenvalue weighted by Crippen LogP contribution is -2.14. The van der Waals surface area contributed by atoms with Gasteiger partial charge in [-0.2, -0.15) is 0 Å². The molecule has 4 heteroatoms. The second-order valence-electron chi connectivity index (χ2n) is 4.46. The Morgan fingerprint density at radius 2 is 2.12 bits per heavy atom. The predicted molar refractivity (Wildman–Crippen MR) is 71.8 cm³/mol. The zero-order valence-corrected chi connectivity index (χ0v) is 11.3. The lowest BCUT2D eigenvalue weighted by atomic mass is 10.2. The smallest absolute Gasteiger partial charge is 0.160 e. The second kappa shape index (κ2) is 7.12. The molecule has 0 aliphatic carbocycles. The van der Waals surface area contributed by atoms with Crippen molar-refractivity contribution in [1.82, 2.24) is 9.88 Å². The number of hydrogen-bond donors (Lipinski definition) is 1. The first-order valence-electron chi connectivity index (χ1n) is 6.02. The van der Waals surface area contributed by atoms with E-state index in [2.05, 4.69) is 29.3 Å². The number of anilines is 1. The van der Waals surface area contributed by atoms with Crippen molar-refractivity contribution in [3.8, 4) is 5.75 Å². The molecule has 1 rings (SSSR count). The van der Waals surface area contributed by atoms with Crippen LogP contribution in [0.4, 0.5) is 5.69 Å². The van der Waals surface area contributed by atoms with E-state index < -0.39 is 0 Å². The fourth-order valence-corrected chi connectivity index (χ4v) is 1.62. The summed E-state index contributed by atoms with van der Waals surface area (Å²) >= 11 is 0. The Morgan fingerprint density at radius 1 is 1.35 bits per heavy atom. The summed E-state index contributed by atoms with van der Waals surface area (Å²) in [6.45, 7) is 4.08. The molecule has 4 nitrogen and oxygen atoms in total. The minimum atomic E-state index is 0.809. The number of rotatable bonds is 7. The Balaban J connectivity index is 2.37. The summed E-state index contributed by atoms with van der Waals surface area (Å²) in [5.74, 6) is 0.809. The Kier molecular flexibility index (Phi) is 5.77. The summed E-state index contributed by atoms with van der Waals surface area (Å²) in [6.07, 6.45) is 4.12. The van der Waals surface area contributed by atoms with Crippen LogP contribution in [0.1, 0.15) is 18.5 Å². The lowest BCUT2D eigenvalue weighted by Gasteiger charge is -2.12. The van der Waals surface area contributed by atoms with Crippen molar-refractivity contribution in [1.29, 1.82) is 0 Å². The zero-order chi connectivity index (χ0) is 12.7. The molecule has 1 aromatic heterocycles. The van der Waals surface area contributed by atoms with Crippen LogP contribution in [0.2, 0.25) is 0 Å². The monoisotopic (exact) mass is 237 g/mol. The number of unbranched alkanes of at least 4 members (excludes halogenated alkanes) is 1. The van der Waals surface area contributed by atoms with Gasteiger partial charge in [0, 0.05) is 12.2 Å². The van der Waals surface area contributed by atoms with Gasteiger partial charge in [-0.25, -0.2) is 0 Å². The molecule has 0 saturated heterocycles. The van der Waals surface area contributed by atoms with Gasteiger partial charge in [-0.15, -0.1) is 0 Å². The van der Waals surface area contributed by atoms with Crippen LogP contribution in [0.3, 0.4) is 0 Å². The summed E-state index contributed by atoms with van der Waals surface area (Å²) in [4.78, 5) is 6.41. The SMILES string of the molecule is COc1cnc(C)cc1NCCCCN(C)C. The standard InChI is InChI=1S/C13H23N3O/c1-11-9-12(13(17-4)10-15-11)14-7-5-6-8-16(2)3/h9-10H,5-8H2,1-4H3,(H,14,15). The minimum Gasteiger partial charge on any atom is -0.493 e. The van der Waals surface area contributed by atoms with Gasteiger partial charge in [0.15, 0.2) is 5.75 Å². The minimum absolute atomic E-state index is 0.809. The van der Waals surface area contributed by atoms with Crippen LogP contribution in [0.25, 0.3) is 0 Å². The number of nitrogens with zero attached hydrogens (tertiary/aromatic N) is 2. The van der Waals surface area contributed by atoms with Crippen molar-refractivity contribution in [2.24, 2.45) is 0 Å². The van der Waals surface area contributed by atoms with Crippen LogP contribution in [-0.2, 0) is 0 Å². The molecular weight excluding hydrogens is 214 g/mol. The van der Waals surface area contributed by atoms with E-state index in [1.54, 1.807) is 13.3 Å². The Labute approximate surface area is 104 Å². The molecule has 0 fully saturated rings. The molecule has 0 saturated carbocycles. The number of aryl methyl sites for hydroxylation is 1. The Morgan fingerprint density at radius 3 is 2.76 bits per heavy atom. The molecule has 96 valence electrons. The fraction of sp³-hybridized carbons (Fsp3) is 0.615. The molecule has 0 aliphatic heterocycles. The average Bonchev–Trinajstić information content (AvgIpc) is 2.28. The van der Waals surface area contributed by atoms with Gasteiger partial charge < -0.3 is 15.0 Å². The number of ether oxygens (including phenoxy) is 1. The molecule has 0 unspecified atom stereocenters. The molecule has 0 amide bonds. The summed E-state index contributed by atoms with van der Waals surface area (Å²) < 4.78 is 5.26. The van der Waals surface area contributed by atoms with Crippen molar-refractivity contribution >= 4 is 5.69 Å². The molecule has 0 aliphatic rings. The highest BCUT2D eigenvalue weighted by molar-refractivity contribution is 5.55. The van der Waals surface area contributed by atoms with Gasteiger partial charge in [-0.05, 0) is 46.5 Å². The van der Waals surface area contributed by atoms with Gasteiger partial charge in [0.25, 0.3) is 0 Å². The maximum atomic E-state index is 5.26. The van der Waals surface area contributed by atoms with E-state index in [0.717, 1.165) is 36.6 Å². The lowest BCUT2D eigenvalue weighted by molar-refractivity contribution is 0.396. The maximum absolute atomic E-state index is 5.26. The molecular formula is C13H23N3O. The summed E-state index contributed by atoms with van der Waals surface area (Å²) in [6, 6.07) is 2.02. The molecule has 1 aromatic rings.